The van der Waals surface area contributed by atoms with Gasteiger partial charge in [0.2, 0.25) is 0 Å². The zero-order valence-electron chi connectivity index (χ0n) is 12.4. The van der Waals surface area contributed by atoms with E-state index in [2.05, 4.69) is 15.2 Å². The Hall–Kier alpha value is -2.60. The number of aromatic nitrogens is 4. The van der Waals surface area contributed by atoms with Gasteiger partial charge in [-0.15, -0.1) is 10.2 Å². The average Bonchev–Trinajstić information content (AvgIpc) is 2.97. The molecule has 0 spiro atoms. The second kappa shape index (κ2) is 5.55. The van der Waals surface area contributed by atoms with Gasteiger partial charge in [0.05, 0.1) is 5.69 Å². The number of nitrogens with two attached hydrogens (primary N) is 1. The van der Waals surface area contributed by atoms with E-state index in [0.29, 0.717) is 17.2 Å². The summed E-state index contributed by atoms with van der Waals surface area (Å²) in [4.78, 5) is 4.33. The van der Waals surface area contributed by atoms with E-state index < -0.39 is 0 Å². The van der Waals surface area contributed by atoms with Gasteiger partial charge in [0.25, 0.3) is 0 Å². The predicted molar refractivity (Wildman–Crippen MR) is 84.5 cm³/mol. The quantitative estimate of drug-likeness (QED) is 0.807. The van der Waals surface area contributed by atoms with Crippen LogP contribution in [-0.2, 0) is 0 Å². The lowest BCUT2D eigenvalue weighted by Crippen LogP contribution is -2.36. The third kappa shape index (κ3) is 2.41. The molecule has 1 fully saturated rings. The Morgan fingerprint density at radius 3 is 2.52 bits per heavy atom. The lowest BCUT2D eigenvalue weighted by atomic mass is 9.80. The number of hydrogen-bond acceptors (Lipinski definition) is 4. The van der Waals surface area contributed by atoms with Crippen molar-refractivity contribution in [3.05, 3.63) is 60.3 Å². The van der Waals surface area contributed by atoms with Gasteiger partial charge < -0.3 is 5.73 Å². The summed E-state index contributed by atoms with van der Waals surface area (Å²) >= 11 is 0. The number of benzene rings is 1. The summed E-state index contributed by atoms with van der Waals surface area (Å²) in [6, 6.07) is 12.4. The maximum atomic E-state index is 14.4. The molecule has 23 heavy (non-hydrogen) atoms. The van der Waals surface area contributed by atoms with E-state index in [1.54, 1.807) is 29.0 Å². The van der Waals surface area contributed by atoms with Crippen molar-refractivity contribution in [3.8, 4) is 17.2 Å². The number of para-hydroxylation sites is 1. The van der Waals surface area contributed by atoms with Crippen molar-refractivity contribution in [2.75, 3.05) is 0 Å². The van der Waals surface area contributed by atoms with Gasteiger partial charge in [0, 0.05) is 18.2 Å². The fourth-order valence-electron chi connectivity index (χ4n) is 2.96. The van der Waals surface area contributed by atoms with Gasteiger partial charge in [0.15, 0.2) is 5.82 Å². The van der Waals surface area contributed by atoms with Crippen LogP contribution in [0.25, 0.3) is 17.2 Å². The van der Waals surface area contributed by atoms with Crippen molar-refractivity contribution in [1.82, 2.24) is 19.7 Å². The molecule has 1 aliphatic carbocycles. The largest absolute Gasteiger partial charge is 0.328 e. The Bertz CT molecular complexity index is 824. The van der Waals surface area contributed by atoms with Crippen molar-refractivity contribution in [3.63, 3.8) is 0 Å². The molecular formula is C17H16FN5. The highest BCUT2D eigenvalue weighted by Crippen LogP contribution is 2.37. The Balaban J connectivity index is 1.89. The second-order valence-corrected chi connectivity index (χ2v) is 5.81. The fourth-order valence-corrected chi connectivity index (χ4v) is 2.96. The van der Waals surface area contributed by atoms with Gasteiger partial charge in [-0.1, -0.05) is 18.2 Å². The first-order valence-corrected chi connectivity index (χ1v) is 7.61. The van der Waals surface area contributed by atoms with Crippen molar-refractivity contribution in [2.45, 2.75) is 24.8 Å². The van der Waals surface area contributed by atoms with Crippen LogP contribution < -0.4 is 5.73 Å². The van der Waals surface area contributed by atoms with Crippen LogP contribution in [0.3, 0.4) is 0 Å². The van der Waals surface area contributed by atoms with E-state index in [0.717, 1.165) is 18.7 Å². The highest BCUT2D eigenvalue weighted by molar-refractivity contribution is 5.54. The first kappa shape index (κ1) is 14.0. The van der Waals surface area contributed by atoms with Gasteiger partial charge >= 0.3 is 0 Å². The molecule has 0 saturated heterocycles. The number of pyridine rings is 1. The van der Waals surface area contributed by atoms with E-state index >= 15 is 0 Å². The van der Waals surface area contributed by atoms with Gasteiger partial charge in [-0.05, 0) is 37.1 Å². The first-order chi connectivity index (χ1) is 11.2. The van der Waals surface area contributed by atoms with Crippen LogP contribution in [0.15, 0.2) is 48.7 Å². The maximum Gasteiger partial charge on any atom is 0.187 e. The molecule has 5 nitrogen and oxygen atoms in total. The number of halogens is 1. The molecule has 0 unspecified atom stereocenters. The van der Waals surface area contributed by atoms with Crippen LogP contribution in [0.5, 0.6) is 0 Å². The van der Waals surface area contributed by atoms with Crippen LogP contribution >= 0.6 is 0 Å². The molecule has 0 radical (unpaired) electrons. The zero-order chi connectivity index (χ0) is 15.8. The minimum atomic E-state index is -0.311. The summed E-state index contributed by atoms with van der Waals surface area (Å²) in [5.74, 6) is 1.19. The summed E-state index contributed by atoms with van der Waals surface area (Å²) in [6.45, 7) is 0. The molecule has 2 aromatic heterocycles. The van der Waals surface area contributed by atoms with Crippen LogP contribution in [0, 0.1) is 5.82 Å². The normalized spacial score (nSPS) is 20.3. The van der Waals surface area contributed by atoms with E-state index in [1.807, 2.05) is 18.2 Å². The first-order valence-electron chi connectivity index (χ1n) is 7.61. The van der Waals surface area contributed by atoms with Crippen molar-refractivity contribution in [1.29, 1.82) is 0 Å². The minimum Gasteiger partial charge on any atom is -0.328 e. The topological polar surface area (TPSA) is 69.6 Å². The number of hydrogen-bond donors (Lipinski definition) is 1. The predicted octanol–water partition coefficient (Wildman–Crippen LogP) is 2.67. The summed E-state index contributed by atoms with van der Waals surface area (Å²) < 4.78 is 16.1. The fraction of sp³-hybridized carbons (Fsp3) is 0.235. The molecule has 116 valence electrons. The van der Waals surface area contributed by atoms with Crippen LogP contribution in [0.2, 0.25) is 0 Å². The molecular weight excluding hydrogens is 293 g/mol. The molecule has 0 aliphatic heterocycles. The standard InChI is InChI=1S/C17H16FN5/c18-13-5-1-2-7-15(13)23-16(11-9-12(19)10-11)21-22-17(23)14-6-3-4-8-20-14/h1-8,11-12H,9-10,19H2/t11-,12-. The Morgan fingerprint density at radius 2 is 1.83 bits per heavy atom. The molecule has 2 N–H and O–H groups in total. The molecule has 0 amide bonds. The molecule has 4 rings (SSSR count). The third-order valence-corrected chi connectivity index (χ3v) is 4.22. The van der Waals surface area contributed by atoms with Gasteiger partial charge in [0.1, 0.15) is 17.3 Å². The van der Waals surface area contributed by atoms with E-state index in [-0.39, 0.29) is 17.8 Å². The van der Waals surface area contributed by atoms with Crippen LogP contribution in [-0.4, -0.2) is 25.8 Å². The smallest absolute Gasteiger partial charge is 0.187 e. The van der Waals surface area contributed by atoms with Crippen LogP contribution in [0.4, 0.5) is 4.39 Å². The van der Waals surface area contributed by atoms with Crippen molar-refractivity contribution in [2.24, 2.45) is 5.73 Å². The zero-order valence-corrected chi connectivity index (χ0v) is 12.4. The highest BCUT2D eigenvalue weighted by Gasteiger charge is 2.33. The average molecular weight is 309 g/mol. The molecule has 0 atom stereocenters. The SMILES string of the molecule is N[C@H]1C[C@H](c2nnc(-c3ccccn3)n2-c2ccccc2F)C1. The van der Waals surface area contributed by atoms with Crippen molar-refractivity contribution >= 4 is 0 Å². The van der Waals surface area contributed by atoms with Gasteiger partial charge in [-0.2, -0.15) is 0 Å². The lowest BCUT2D eigenvalue weighted by molar-refractivity contribution is 0.334. The van der Waals surface area contributed by atoms with Crippen molar-refractivity contribution < 1.29 is 4.39 Å². The Labute approximate surface area is 133 Å². The van der Waals surface area contributed by atoms with Crippen LogP contribution in [0.1, 0.15) is 24.6 Å². The Morgan fingerprint density at radius 1 is 1.04 bits per heavy atom. The third-order valence-electron chi connectivity index (χ3n) is 4.22. The van der Waals surface area contributed by atoms with Gasteiger partial charge in [-0.25, -0.2) is 4.39 Å². The van der Waals surface area contributed by atoms with E-state index in [1.165, 1.54) is 6.07 Å². The van der Waals surface area contributed by atoms with E-state index in [9.17, 15) is 4.39 Å². The molecule has 1 aliphatic rings. The highest BCUT2D eigenvalue weighted by atomic mass is 19.1. The summed E-state index contributed by atoms with van der Waals surface area (Å²) in [5.41, 5.74) is 7.00. The second-order valence-electron chi connectivity index (χ2n) is 5.81. The number of nitrogens with zero attached hydrogens (tertiary/aromatic N) is 4. The molecule has 0 bridgehead atoms. The number of rotatable bonds is 3. The summed E-state index contributed by atoms with van der Waals surface area (Å²) in [7, 11) is 0. The molecule has 3 aromatic rings. The molecule has 2 heterocycles. The molecule has 1 saturated carbocycles. The molecule has 6 heteroatoms. The van der Waals surface area contributed by atoms with Gasteiger partial charge in [-0.3, -0.25) is 9.55 Å². The Kier molecular flexibility index (Phi) is 3.38. The van der Waals surface area contributed by atoms with E-state index in [4.69, 9.17) is 5.73 Å². The summed E-state index contributed by atoms with van der Waals surface area (Å²) in [5, 5.41) is 8.59. The maximum absolute atomic E-state index is 14.4. The minimum absolute atomic E-state index is 0.184. The lowest BCUT2D eigenvalue weighted by Gasteiger charge is -2.31. The monoisotopic (exact) mass is 309 g/mol. The summed E-state index contributed by atoms with van der Waals surface area (Å²) in [6.07, 6.45) is 3.37. The molecule has 1 aromatic carbocycles.